The highest BCUT2D eigenvalue weighted by Crippen LogP contribution is 2.50. The summed E-state index contributed by atoms with van der Waals surface area (Å²) >= 11 is 0. The van der Waals surface area contributed by atoms with Crippen LogP contribution in [0, 0.1) is 0 Å². The van der Waals surface area contributed by atoms with Crippen LogP contribution in [-0.4, -0.2) is 33.4 Å². The number of hydrogen-bond donors (Lipinski definition) is 0. The van der Waals surface area contributed by atoms with Gasteiger partial charge in [0.05, 0.1) is 45.1 Å². The first-order chi connectivity index (χ1) is 14.7. The number of methoxy groups -OCH3 is 4. The van der Waals surface area contributed by atoms with Crippen molar-refractivity contribution in [1.82, 2.24) is 4.98 Å². The van der Waals surface area contributed by atoms with Crippen LogP contribution in [0.15, 0.2) is 66.7 Å². The van der Waals surface area contributed by atoms with Crippen LogP contribution in [0.4, 0.5) is 0 Å². The van der Waals surface area contributed by atoms with Crippen molar-refractivity contribution in [2.75, 3.05) is 28.4 Å². The summed E-state index contributed by atoms with van der Waals surface area (Å²) in [6.45, 7) is 0. The summed E-state index contributed by atoms with van der Waals surface area (Å²) in [6.07, 6.45) is 0. The Balaban J connectivity index is 2.23. The smallest absolute Gasteiger partial charge is 0.174 e. The van der Waals surface area contributed by atoms with E-state index in [9.17, 15) is 0 Å². The van der Waals surface area contributed by atoms with E-state index in [0.29, 0.717) is 33.9 Å². The summed E-state index contributed by atoms with van der Waals surface area (Å²) in [7, 11) is 6.47. The molecule has 0 atom stereocenters. The summed E-state index contributed by atoms with van der Waals surface area (Å²) in [5.74, 6) is 2.33. The number of hydrogen-bond acceptors (Lipinski definition) is 5. The zero-order chi connectivity index (χ0) is 21.1. The fourth-order valence-corrected chi connectivity index (χ4v) is 3.72. The van der Waals surface area contributed by atoms with Gasteiger partial charge in [-0.05, 0) is 5.56 Å². The Morgan fingerprint density at radius 1 is 0.600 bits per heavy atom. The van der Waals surface area contributed by atoms with Crippen LogP contribution in [0.1, 0.15) is 0 Å². The Hall–Kier alpha value is -3.73. The molecule has 0 radical (unpaired) electrons. The molecular weight excluding hydrogens is 378 g/mol. The molecular formula is C25H23NO4. The van der Waals surface area contributed by atoms with Crippen LogP contribution in [-0.2, 0) is 0 Å². The van der Waals surface area contributed by atoms with Crippen LogP contribution in [0.5, 0.6) is 23.0 Å². The van der Waals surface area contributed by atoms with Gasteiger partial charge < -0.3 is 18.9 Å². The van der Waals surface area contributed by atoms with Crippen molar-refractivity contribution in [2.24, 2.45) is 0 Å². The highest BCUT2D eigenvalue weighted by molar-refractivity contribution is 6.05. The van der Waals surface area contributed by atoms with Gasteiger partial charge in [-0.25, -0.2) is 4.98 Å². The van der Waals surface area contributed by atoms with Crippen LogP contribution >= 0.6 is 0 Å². The zero-order valence-electron chi connectivity index (χ0n) is 17.4. The minimum atomic E-state index is 0.549. The van der Waals surface area contributed by atoms with Gasteiger partial charge in [-0.2, -0.15) is 0 Å². The Labute approximate surface area is 175 Å². The second-order valence-electron chi connectivity index (χ2n) is 6.64. The lowest BCUT2D eigenvalue weighted by atomic mass is 9.95. The number of nitrogens with zero attached hydrogens (tertiary/aromatic N) is 1. The van der Waals surface area contributed by atoms with Crippen LogP contribution in [0.3, 0.4) is 0 Å². The summed E-state index contributed by atoms with van der Waals surface area (Å²) in [6, 6.07) is 21.9. The van der Waals surface area contributed by atoms with Gasteiger partial charge in [-0.3, -0.25) is 0 Å². The van der Waals surface area contributed by atoms with Crippen molar-refractivity contribution in [3.63, 3.8) is 0 Å². The van der Waals surface area contributed by atoms with Crippen molar-refractivity contribution in [1.29, 1.82) is 0 Å². The van der Waals surface area contributed by atoms with E-state index in [1.165, 1.54) is 0 Å². The largest absolute Gasteiger partial charge is 0.495 e. The van der Waals surface area contributed by atoms with Gasteiger partial charge in [0, 0.05) is 11.6 Å². The maximum Gasteiger partial charge on any atom is 0.174 e. The van der Waals surface area contributed by atoms with Crippen LogP contribution in [0.2, 0.25) is 0 Å². The molecule has 30 heavy (non-hydrogen) atoms. The number of aromatic nitrogens is 1. The molecule has 152 valence electrons. The second kappa shape index (κ2) is 8.33. The predicted molar refractivity (Wildman–Crippen MR) is 119 cm³/mol. The number of ether oxygens (including phenoxy) is 4. The molecule has 5 nitrogen and oxygen atoms in total. The molecule has 4 rings (SSSR count). The monoisotopic (exact) mass is 401 g/mol. The highest BCUT2D eigenvalue weighted by atomic mass is 16.5. The minimum absolute atomic E-state index is 0.549. The van der Waals surface area contributed by atoms with E-state index >= 15 is 0 Å². The molecule has 0 amide bonds. The Bertz CT molecular complexity index is 1170. The van der Waals surface area contributed by atoms with Crippen molar-refractivity contribution in [3.8, 4) is 45.4 Å². The molecule has 5 heteroatoms. The SMILES string of the molecule is COc1cc(OC)c2nc(-c3ccccc3)c(-c3ccccc3)c(OC)c2c1OC. The van der Waals surface area contributed by atoms with E-state index in [0.717, 1.165) is 22.4 Å². The lowest BCUT2D eigenvalue weighted by Gasteiger charge is -2.21. The molecule has 0 aliphatic rings. The molecule has 0 spiro atoms. The van der Waals surface area contributed by atoms with Crippen molar-refractivity contribution in [3.05, 3.63) is 66.7 Å². The first kappa shape index (κ1) is 19.6. The average Bonchev–Trinajstić information content (AvgIpc) is 2.82. The molecule has 0 fully saturated rings. The zero-order valence-corrected chi connectivity index (χ0v) is 17.4. The minimum Gasteiger partial charge on any atom is -0.495 e. The van der Waals surface area contributed by atoms with E-state index in [4.69, 9.17) is 23.9 Å². The van der Waals surface area contributed by atoms with Crippen molar-refractivity contribution in [2.45, 2.75) is 0 Å². The topological polar surface area (TPSA) is 49.8 Å². The first-order valence-corrected chi connectivity index (χ1v) is 9.55. The van der Waals surface area contributed by atoms with Crippen molar-refractivity contribution < 1.29 is 18.9 Å². The fourth-order valence-electron chi connectivity index (χ4n) is 3.72. The molecule has 4 aromatic rings. The van der Waals surface area contributed by atoms with Gasteiger partial charge in [0.1, 0.15) is 17.0 Å². The standard InChI is InChI=1S/C25H23NO4/c1-27-18-15-19(28-2)24(29-3)21-23(18)26-22(17-13-9-6-10-14-17)20(25(21)30-4)16-11-7-5-8-12-16/h5-15H,1-4H3. The predicted octanol–water partition coefficient (Wildman–Crippen LogP) is 5.60. The summed E-state index contributed by atoms with van der Waals surface area (Å²) in [4.78, 5) is 5.04. The van der Waals surface area contributed by atoms with Gasteiger partial charge in [0.25, 0.3) is 0 Å². The molecule has 0 aliphatic carbocycles. The molecule has 0 saturated heterocycles. The maximum atomic E-state index is 5.99. The summed E-state index contributed by atoms with van der Waals surface area (Å²) in [5.41, 5.74) is 4.30. The molecule has 0 N–H and O–H groups in total. The first-order valence-electron chi connectivity index (χ1n) is 9.55. The van der Waals surface area contributed by atoms with E-state index in [2.05, 4.69) is 0 Å². The summed E-state index contributed by atoms with van der Waals surface area (Å²) < 4.78 is 22.9. The number of benzene rings is 3. The van der Waals surface area contributed by atoms with Crippen molar-refractivity contribution >= 4 is 10.9 Å². The third kappa shape index (κ3) is 3.18. The Morgan fingerprint density at radius 2 is 1.17 bits per heavy atom. The lowest BCUT2D eigenvalue weighted by molar-refractivity contribution is 0.351. The van der Waals surface area contributed by atoms with E-state index < -0.39 is 0 Å². The second-order valence-corrected chi connectivity index (χ2v) is 6.64. The molecule has 0 unspecified atom stereocenters. The quantitative estimate of drug-likeness (QED) is 0.421. The number of pyridine rings is 1. The Morgan fingerprint density at radius 3 is 1.70 bits per heavy atom. The fraction of sp³-hybridized carbons (Fsp3) is 0.160. The van der Waals surface area contributed by atoms with E-state index in [1.807, 2.05) is 60.7 Å². The lowest BCUT2D eigenvalue weighted by Crippen LogP contribution is -2.02. The van der Waals surface area contributed by atoms with Gasteiger partial charge in [-0.1, -0.05) is 60.7 Å². The Kier molecular flexibility index (Phi) is 5.44. The van der Waals surface area contributed by atoms with Crippen LogP contribution in [0.25, 0.3) is 33.3 Å². The van der Waals surface area contributed by atoms with E-state index in [-0.39, 0.29) is 0 Å². The average molecular weight is 401 g/mol. The molecule has 0 aliphatic heterocycles. The third-order valence-corrected chi connectivity index (χ3v) is 5.06. The van der Waals surface area contributed by atoms with Gasteiger partial charge in [0.15, 0.2) is 11.5 Å². The summed E-state index contributed by atoms with van der Waals surface area (Å²) in [5, 5.41) is 0.703. The molecule has 3 aromatic carbocycles. The molecule has 1 heterocycles. The van der Waals surface area contributed by atoms with Crippen LogP contribution < -0.4 is 18.9 Å². The molecule has 0 saturated carbocycles. The highest BCUT2D eigenvalue weighted by Gasteiger charge is 2.26. The van der Waals surface area contributed by atoms with Gasteiger partial charge in [-0.15, -0.1) is 0 Å². The van der Waals surface area contributed by atoms with E-state index in [1.54, 1.807) is 34.5 Å². The van der Waals surface area contributed by atoms with Gasteiger partial charge in [0.2, 0.25) is 0 Å². The molecule has 0 bridgehead atoms. The van der Waals surface area contributed by atoms with Gasteiger partial charge >= 0.3 is 0 Å². The third-order valence-electron chi connectivity index (χ3n) is 5.06. The molecule has 1 aromatic heterocycles. The number of rotatable bonds is 6. The number of fused-ring (bicyclic) bond motifs is 1. The maximum absolute atomic E-state index is 5.99. The normalized spacial score (nSPS) is 10.7.